The van der Waals surface area contributed by atoms with Crippen molar-refractivity contribution < 1.29 is 18.3 Å². The minimum absolute atomic E-state index is 0.223. The minimum Gasteiger partial charge on any atom is -0.481 e. The van der Waals surface area contributed by atoms with Gasteiger partial charge in [0.2, 0.25) is 0 Å². The average molecular weight is 303 g/mol. The molecule has 2 bridgehead atoms. The van der Waals surface area contributed by atoms with Crippen molar-refractivity contribution in [3.63, 3.8) is 0 Å². The quantitative estimate of drug-likeness (QED) is 0.772. The maximum Gasteiger partial charge on any atom is 0.303 e. The van der Waals surface area contributed by atoms with Gasteiger partial charge in [0.15, 0.2) is 0 Å². The molecule has 0 aromatic heterocycles. The second-order valence-electron chi connectivity index (χ2n) is 6.15. The van der Waals surface area contributed by atoms with E-state index in [1.54, 1.807) is 6.92 Å². The first kappa shape index (κ1) is 15.8. The summed E-state index contributed by atoms with van der Waals surface area (Å²) in [4.78, 5) is 13.3. The predicted molar refractivity (Wildman–Crippen MR) is 77.4 cm³/mol. The normalized spacial score (nSPS) is 30.6. The second kappa shape index (κ2) is 6.43. The van der Waals surface area contributed by atoms with Crippen LogP contribution in [0.2, 0.25) is 0 Å². The van der Waals surface area contributed by atoms with E-state index in [2.05, 4.69) is 4.90 Å². The topological polar surface area (TPSA) is 74.7 Å². The summed E-state index contributed by atoms with van der Waals surface area (Å²) in [5.74, 6) is 0.107. The molecule has 0 amide bonds. The fourth-order valence-electron chi connectivity index (χ4n) is 3.78. The molecule has 2 atom stereocenters. The summed E-state index contributed by atoms with van der Waals surface area (Å²) in [5.41, 5.74) is 0. The number of piperidine rings is 1. The van der Waals surface area contributed by atoms with Crippen LogP contribution in [-0.4, -0.2) is 54.5 Å². The zero-order chi connectivity index (χ0) is 14.8. The van der Waals surface area contributed by atoms with E-state index in [0.29, 0.717) is 24.4 Å². The number of carboxylic acid groups (broad SMARTS) is 1. The molecule has 2 aliphatic heterocycles. The Balaban J connectivity index is 1.82. The molecule has 1 N–H and O–H groups in total. The summed E-state index contributed by atoms with van der Waals surface area (Å²) >= 11 is 0. The molecule has 2 saturated heterocycles. The Labute approximate surface area is 121 Å². The van der Waals surface area contributed by atoms with Crippen molar-refractivity contribution in [2.75, 3.05) is 18.1 Å². The molecule has 2 unspecified atom stereocenters. The van der Waals surface area contributed by atoms with Gasteiger partial charge in [-0.05, 0) is 44.6 Å². The lowest BCUT2D eigenvalue weighted by molar-refractivity contribution is -0.138. The third-order valence-corrected chi connectivity index (χ3v) is 6.55. The molecule has 2 aliphatic rings. The maximum atomic E-state index is 11.5. The van der Waals surface area contributed by atoms with Gasteiger partial charge in [0.25, 0.3) is 0 Å². The van der Waals surface area contributed by atoms with Crippen molar-refractivity contribution in [3.8, 4) is 0 Å². The predicted octanol–water partition coefficient (Wildman–Crippen LogP) is 1.53. The van der Waals surface area contributed by atoms with Gasteiger partial charge in [-0.3, -0.25) is 9.69 Å². The summed E-state index contributed by atoms with van der Waals surface area (Å²) in [7, 11) is -2.87. The molecule has 6 heteroatoms. The number of sulfone groups is 1. The molecule has 2 heterocycles. The van der Waals surface area contributed by atoms with Gasteiger partial charge < -0.3 is 5.11 Å². The Hall–Kier alpha value is -0.620. The Morgan fingerprint density at radius 2 is 1.85 bits per heavy atom. The molecule has 116 valence electrons. The third-order valence-electron chi connectivity index (χ3n) is 4.76. The lowest BCUT2D eigenvalue weighted by atomic mass is 9.88. The van der Waals surface area contributed by atoms with Crippen molar-refractivity contribution in [3.05, 3.63) is 0 Å². The SMILES string of the molecule is CCS(=O)(=O)CCCN1C2CCC1CC(CC(=O)O)C2. The van der Waals surface area contributed by atoms with Gasteiger partial charge in [-0.2, -0.15) is 0 Å². The first-order chi connectivity index (χ1) is 9.41. The van der Waals surface area contributed by atoms with Crippen LogP contribution in [0, 0.1) is 5.92 Å². The van der Waals surface area contributed by atoms with Crippen LogP contribution >= 0.6 is 0 Å². The second-order valence-corrected chi connectivity index (χ2v) is 8.62. The highest BCUT2D eigenvalue weighted by atomic mass is 32.2. The first-order valence-corrected chi connectivity index (χ1v) is 9.41. The van der Waals surface area contributed by atoms with E-state index in [9.17, 15) is 13.2 Å². The average Bonchev–Trinajstić information content (AvgIpc) is 2.60. The Bertz CT molecular complexity index is 434. The molecule has 0 spiro atoms. The van der Waals surface area contributed by atoms with Crippen molar-refractivity contribution in [2.24, 2.45) is 5.92 Å². The van der Waals surface area contributed by atoms with Gasteiger partial charge in [-0.25, -0.2) is 8.42 Å². The number of hydrogen-bond acceptors (Lipinski definition) is 4. The van der Waals surface area contributed by atoms with E-state index < -0.39 is 15.8 Å². The van der Waals surface area contributed by atoms with E-state index in [1.165, 1.54) is 0 Å². The van der Waals surface area contributed by atoms with E-state index in [1.807, 2.05) is 0 Å². The Morgan fingerprint density at radius 1 is 1.25 bits per heavy atom. The monoisotopic (exact) mass is 303 g/mol. The molecule has 0 saturated carbocycles. The van der Waals surface area contributed by atoms with Crippen molar-refractivity contribution in [2.45, 2.75) is 57.5 Å². The Morgan fingerprint density at radius 3 is 2.35 bits per heavy atom. The lowest BCUT2D eigenvalue weighted by Gasteiger charge is -2.38. The third kappa shape index (κ3) is 3.95. The molecular formula is C14H25NO4S. The fraction of sp³-hybridized carbons (Fsp3) is 0.929. The summed E-state index contributed by atoms with van der Waals surface area (Å²) < 4.78 is 23.0. The lowest BCUT2D eigenvalue weighted by Crippen LogP contribution is -2.44. The highest BCUT2D eigenvalue weighted by Gasteiger charge is 2.40. The largest absolute Gasteiger partial charge is 0.481 e. The van der Waals surface area contributed by atoms with Crippen LogP contribution < -0.4 is 0 Å². The van der Waals surface area contributed by atoms with Crippen LogP contribution in [0.25, 0.3) is 0 Å². The minimum atomic E-state index is -2.87. The van der Waals surface area contributed by atoms with Crippen LogP contribution in [0.4, 0.5) is 0 Å². The zero-order valence-electron chi connectivity index (χ0n) is 12.1. The van der Waals surface area contributed by atoms with Crippen LogP contribution in [0.3, 0.4) is 0 Å². The van der Waals surface area contributed by atoms with E-state index >= 15 is 0 Å². The molecule has 5 nitrogen and oxygen atoms in total. The number of fused-ring (bicyclic) bond motifs is 2. The van der Waals surface area contributed by atoms with Gasteiger partial charge in [-0.1, -0.05) is 6.92 Å². The molecule has 2 fully saturated rings. The number of rotatable bonds is 7. The summed E-state index contributed by atoms with van der Waals surface area (Å²) in [6, 6.07) is 0.949. The van der Waals surface area contributed by atoms with Gasteiger partial charge in [0, 0.05) is 24.3 Å². The molecular weight excluding hydrogens is 278 g/mol. The van der Waals surface area contributed by atoms with E-state index in [4.69, 9.17) is 5.11 Å². The van der Waals surface area contributed by atoms with E-state index in [-0.39, 0.29) is 17.9 Å². The highest BCUT2D eigenvalue weighted by Crippen LogP contribution is 2.39. The number of nitrogens with zero attached hydrogens (tertiary/aromatic N) is 1. The van der Waals surface area contributed by atoms with E-state index in [0.717, 1.165) is 32.2 Å². The number of carboxylic acids is 1. The molecule has 0 aromatic rings. The number of hydrogen-bond donors (Lipinski definition) is 1. The number of aliphatic carboxylic acids is 1. The standard InChI is InChI=1S/C14H25NO4S/c1-2-20(18,19)7-3-6-15-12-4-5-13(15)9-11(8-12)10-14(16)17/h11-13H,2-10H2,1H3,(H,16,17). The summed E-state index contributed by atoms with van der Waals surface area (Å²) in [6.45, 7) is 2.53. The van der Waals surface area contributed by atoms with Gasteiger partial charge in [0.05, 0.1) is 5.75 Å². The first-order valence-electron chi connectivity index (χ1n) is 7.59. The summed E-state index contributed by atoms with van der Waals surface area (Å²) in [6.07, 6.45) is 5.19. The van der Waals surface area contributed by atoms with Crippen molar-refractivity contribution in [1.82, 2.24) is 4.90 Å². The van der Waals surface area contributed by atoms with Gasteiger partial charge in [0.1, 0.15) is 9.84 Å². The fourth-order valence-corrected chi connectivity index (χ4v) is 4.63. The Kier molecular flexibility index (Phi) is 5.07. The molecule has 0 radical (unpaired) electrons. The molecule has 0 aromatic carbocycles. The smallest absolute Gasteiger partial charge is 0.303 e. The van der Waals surface area contributed by atoms with Gasteiger partial charge in [-0.15, -0.1) is 0 Å². The highest BCUT2D eigenvalue weighted by molar-refractivity contribution is 7.91. The molecule has 0 aliphatic carbocycles. The molecule has 20 heavy (non-hydrogen) atoms. The van der Waals surface area contributed by atoms with Crippen LogP contribution in [0.15, 0.2) is 0 Å². The maximum absolute atomic E-state index is 11.5. The zero-order valence-corrected chi connectivity index (χ0v) is 12.9. The number of carbonyl (C=O) groups is 1. The van der Waals surface area contributed by atoms with Crippen molar-refractivity contribution >= 4 is 15.8 Å². The molecule has 2 rings (SSSR count). The van der Waals surface area contributed by atoms with Crippen LogP contribution in [0.1, 0.15) is 45.4 Å². The van der Waals surface area contributed by atoms with Crippen LogP contribution in [0.5, 0.6) is 0 Å². The summed E-state index contributed by atoms with van der Waals surface area (Å²) in [5, 5.41) is 8.90. The van der Waals surface area contributed by atoms with Crippen molar-refractivity contribution in [1.29, 1.82) is 0 Å². The van der Waals surface area contributed by atoms with Gasteiger partial charge >= 0.3 is 5.97 Å². The van der Waals surface area contributed by atoms with Crippen LogP contribution in [-0.2, 0) is 14.6 Å².